The molecular formula is C24H33NO2. The Labute approximate surface area is 163 Å². The molecular weight excluding hydrogens is 334 g/mol. The molecule has 4 unspecified atom stereocenters. The second-order valence-corrected chi connectivity index (χ2v) is 9.60. The first-order valence-electron chi connectivity index (χ1n) is 11.0. The van der Waals surface area contributed by atoms with E-state index in [1.807, 2.05) is 0 Å². The van der Waals surface area contributed by atoms with Gasteiger partial charge in [0.1, 0.15) is 0 Å². The zero-order valence-corrected chi connectivity index (χ0v) is 16.6. The number of fused-ring (bicyclic) bond motifs is 6. The van der Waals surface area contributed by atoms with Gasteiger partial charge >= 0.3 is 0 Å². The lowest BCUT2D eigenvalue weighted by atomic mass is 9.47. The fourth-order valence-corrected chi connectivity index (χ4v) is 8.16. The fraction of sp³-hybridized carbons (Fsp3) is 0.708. The normalized spacial score (nSPS) is 49.6. The number of oxime groups is 1. The van der Waals surface area contributed by atoms with Crippen LogP contribution in [0.2, 0.25) is 0 Å². The Morgan fingerprint density at radius 2 is 2.22 bits per heavy atom. The van der Waals surface area contributed by atoms with E-state index in [0.717, 1.165) is 49.3 Å². The number of nitrogens with zero attached hydrogens (tertiary/aromatic N) is 1. The third-order valence-electron chi connectivity index (χ3n) is 9.17. The second-order valence-electron chi connectivity index (χ2n) is 9.60. The summed E-state index contributed by atoms with van der Waals surface area (Å²) in [5.41, 5.74) is 2.71. The first-order valence-corrected chi connectivity index (χ1v) is 11.0. The first kappa shape index (κ1) is 17.7. The van der Waals surface area contributed by atoms with Crippen LogP contribution in [0.3, 0.4) is 0 Å². The summed E-state index contributed by atoms with van der Waals surface area (Å²) in [5, 5.41) is 12.8. The maximum absolute atomic E-state index is 9.25. The molecule has 7 atom stereocenters. The van der Waals surface area contributed by atoms with Crippen LogP contribution in [-0.4, -0.2) is 23.1 Å². The SMILES string of the molecule is C=CC1CC2=CC(=NO)CC[C@@H]2C2CC[C@@]3(CC)C(CC[C@@]34C=CCO4)C12. The van der Waals surface area contributed by atoms with E-state index in [0.29, 0.717) is 17.3 Å². The van der Waals surface area contributed by atoms with Gasteiger partial charge in [-0.3, -0.25) is 0 Å². The molecule has 5 aliphatic rings. The van der Waals surface area contributed by atoms with Crippen LogP contribution in [0.15, 0.2) is 41.6 Å². The first-order chi connectivity index (χ1) is 13.2. The van der Waals surface area contributed by atoms with Crippen molar-refractivity contribution in [2.45, 2.75) is 63.9 Å². The smallest absolute Gasteiger partial charge is 0.0926 e. The summed E-state index contributed by atoms with van der Waals surface area (Å²) in [6, 6.07) is 0. The van der Waals surface area contributed by atoms with Gasteiger partial charge in [-0.25, -0.2) is 0 Å². The summed E-state index contributed by atoms with van der Waals surface area (Å²) in [6.45, 7) is 7.45. The molecule has 1 heterocycles. The van der Waals surface area contributed by atoms with Crippen LogP contribution >= 0.6 is 0 Å². The number of hydrogen-bond donors (Lipinski definition) is 1. The maximum atomic E-state index is 9.25. The van der Waals surface area contributed by atoms with Crippen molar-refractivity contribution in [3.8, 4) is 0 Å². The van der Waals surface area contributed by atoms with Crippen molar-refractivity contribution < 1.29 is 9.94 Å². The average molecular weight is 368 g/mol. The molecule has 0 radical (unpaired) electrons. The van der Waals surface area contributed by atoms with Crippen LogP contribution in [0.1, 0.15) is 58.3 Å². The molecule has 0 aromatic heterocycles. The van der Waals surface area contributed by atoms with E-state index in [1.165, 1.54) is 37.7 Å². The molecule has 3 saturated carbocycles. The van der Waals surface area contributed by atoms with E-state index in [2.05, 4.69) is 43.0 Å². The molecule has 0 saturated heterocycles. The molecule has 1 N–H and O–H groups in total. The molecule has 1 aliphatic heterocycles. The van der Waals surface area contributed by atoms with Crippen molar-refractivity contribution in [1.82, 2.24) is 0 Å². The topological polar surface area (TPSA) is 41.8 Å². The monoisotopic (exact) mass is 367 g/mol. The zero-order valence-electron chi connectivity index (χ0n) is 16.6. The third-order valence-corrected chi connectivity index (χ3v) is 9.17. The predicted octanol–water partition coefficient (Wildman–Crippen LogP) is 5.52. The average Bonchev–Trinajstić information content (AvgIpc) is 3.33. The minimum Gasteiger partial charge on any atom is -0.411 e. The van der Waals surface area contributed by atoms with E-state index in [4.69, 9.17) is 4.74 Å². The Morgan fingerprint density at radius 3 is 2.93 bits per heavy atom. The Kier molecular flexibility index (Phi) is 4.16. The number of ether oxygens (including phenoxy) is 1. The Morgan fingerprint density at radius 1 is 1.33 bits per heavy atom. The Bertz CT molecular complexity index is 722. The highest BCUT2D eigenvalue weighted by Gasteiger charge is 2.65. The van der Waals surface area contributed by atoms with Crippen molar-refractivity contribution in [2.24, 2.45) is 40.2 Å². The standard InChI is InChI=1S/C24H33NO2/c1-3-16-14-17-15-18(25-26)6-7-19(17)20-8-11-23(4-2)21(22(16)20)9-12-24(23)10-5-13-27-24/h3,5,10,15-16,19-22,26H,1,4,6-9,11-14H2,2H3/t16?,19-,20?,21?,22?,23-,24-/m0/s1. The molecule has 1 spiro atoms. The van der Waals surface area contributed by atoms with Gasteiger partial charge in [0.15, 0.2) is 0 Å². The molecule has 27 heavy (non-hydrogen) atoms. The van der Waals surface area contributed by atoms with Crippen molar-refractivity contribution in [3.05, 3.63) is 36.5 Å². The molecule has 146 valence electrons. The quantitative estimate of drug-likeness (QED) is 0.397. The maximum Gasteiger partial charge on any atom is 0.0926 e. The van der Waals surface area contributed by atoms with Gasteiger partial charge in [0.25, 0.3) is 0 Å². The molecule has 0 bridgehead atoms. The summed E-state index contributed by atoms with van der Waals surface area (Å²) in [5.74, 6) is 3.48. The lowest BCUT2D eigenvalue weighted by molar-refractivity contribution is -0.128. The van der Waals surface area contributed by atoms with Gasteiger partial charge in [-0.05, 0) is 87.0 Å². The lowest BCUT2D eigenvalue weighted by Gasteiger charge is -2.58. The molecule has 0 amide bonds. The lowest BCUT2D eigenvalue weighted by Crippen LogP contribution is -2.55. The summed E-state index contributed by atoms with van der Waals surface area (Å²) in [4.78, 5) is 0. The highest BCUT2D eigenvalue weighted by Crippen LogP contribution is 2.69. The number of allylic oxidation sites excluding steroid dienone is 3. The molecule has 3 heteroatoms. The van der Waals surface area contributed by atoms with Crippen LogP contribution in [0.4, 0.5) is 0 Å². The van der Waals surface area contributed by atoms with E-state index in [9.17, 15) is 5.21 Å². The van der Waals surface area contributed by atoms with Gasteiger partial charge in [-0.1, -0.05) is 35.9 Å². The summed E-state index contributed by atoms with van der Waals surface area (Å²) in [6.07, 6.45) is 18.6. The van der Waals surface area contributed by atoms with Crippen LogP contribution in [0, 0.1) is 35.0 Å². The van der Waals surface area contributed by atoms with Crippen LogP contribution in [0.25, 0.3) is 0 Å². The minimum absolute atomic E-state index is 0.00248. The second kappa shape index (κ2) is 6.34. The Balaban J connectivity index is 1.54. The summed E-state index contributed by atoms with van der Waals surface area (Å²) >= 11 is 0. The highest BCUT2D eigenvalue weighted by molar-refractivity contribution is 5.96. The van der Waals surface area contributed by atoms with Crippen LogP contribution in [-0.2, 0) is 4.74 Å². The largest absolute Gasteiger partial charge is 0.411 e. The van der Waals surface area contributed by atoms with E-state index in [1.54, 1.807) is 0 Å². The molecule has 0 aromatic carbocycles. The minimum atomic E-state index is 0.00248. The van der Waals surface area contributed by atoms with E-state index < -0.39 is 0 Å². The predicted molar refractivity (Wildman–Crippen MR) is 108 cm³/mol. The number of rotatable bonds is 2. The summed E-state index contributed by atoms with van der Waals surface area (Å²) in [7, 11) is 0. The molecule has 3 nitrogen and oxygen atoms in total. The summed E-state index contributed by atoms with van der Waals surface area (Å²) < 4.78 is 6.46. The van der Waals surface area contributed by atoms with Crippen molar-refractivity contribution in [2.75, 3.05) is 6.61 Å². The van der Waals surface area contributed by atoms with Gasteiger partial charge in [0, 0.05) is 5.41 Å². The molecule has 4 aliphatic carbocycles. The van der Waals surface area contributed by atoms with Gasteiger partial charge < -0.3 is 9.94 Å². The Hall–Kier alpha value is -1.35. The van der Waals surface area contributed by atoms with Gasteiger partial charge in [-0.15, -0.1) is 6.58 Å². The molecule has 3 fully saturated rings. The van der Waals surface area contributed by atoms with E-state index >= 15 is 0 Å². The third kappa shape index (κ3) is 2.27. The van der Waals surface area contributed by atoms with Crippen molar-refractivity contribution in [1.29, 1.82) is 0 Å². The van der Waals surface area contributed by atoms with Crippen LogP contribution < -0.4 is 0 Å². The van der Waals surface area contributed by atoms with Gasteiger partial charge in [-0.2, -0.15) is 0 Å². The van der Waals surface area contributed by atoms with E-state index in [-0.39, 0.29) is 5.60 Å². The van der Waals surface area contributed by atoms with Crippen molar-refractivity contribution in [3.63, 3.8) is 0 Å². The fourth-order valence-electron chi connectivity index (χ4n) is 8.16. The highest BCUT2D eigenvalue weighted by atomic mass is 16.5. The zero-order chi connectivity index (χ0) is 18.6. The molecule has 5 rings (SSSR count). The molecule has 0 aromatic rings. The van der Waals surface area contributed by atoms with Gasteiger partial charge in [0.05, 0.1) is 17.9 Å². The number of hydrogen-bond acceptors (Lipinski definition) is 3. The van der Waals surface area contributed by atoms with Gasteiger partial charge in [0.2, 0.25) is 0 Å². The van der Waals surface area contributed by atoms with Crippen molar-refractivity contribution >= 4 is 5.71 Å². The van der Waals surface area contributed by atoms with Crippen LogP contribution in [0.5, 0.6) is 0 Å².